The molecule has 2 rings (SSSR count). The van der Waals surface area contributed by atoms with Crippen molar-refractivity contribution in [2.45, 2.75) is 52.0 Å². The van der Waals surface area contributed by atoms with Gasteiger partial charge in [-0.1, -0.05) is 32.0 Å². The highest BCUT2D eigenvalue weighted by atomic mass is 16.5. The molecule has 0 saturated carbocycles. The summed E-state index contributed by atoms with van der Waals surface area (Å²) in [4.78, 5) is 12.4. The van der Waals surface area contributed by atoms with Crippen molar-refractivity contribution in [2.75, 3.05) is 31.7 Å². The molecule has 1 aromatic carbocycles. The summed E-state index contributed by atoms with van der Waals surface area (Å²) in [7, 11) is 0. The fraction of sp³-hybridized carbons (Fsp3) is 0.650. The Hall–Kier alpha value is -1.43. The van der Waals surface area contributed by atoms with Crippen LogP contribution in [0.25, 0.3) is 0 Å². The molecule has 5 nitrogen and oxygen atoms in total. The van der Waals surface area contributed by atoms with E-state index in [1.54, 1.807) is 0 Å². The quantitative estimate of drug-likeness (QED) is 0.675. The number of nitrogens with one attached hydrogen (secondary N) is 2. The van der Waals surface area contributed by atoms with Gasteiger partial charge >= 0.3 is 0 Å². The fourth-order valence-electron chi connectivity index (χ4n) is 3.25. The summed E-state index contributed by atoms with van der Waals surface area (Å²) in [6, 6.07) is 8.00. The van der Waals surface area contributed by atoms with Crippen molar-refractivity contribution in [1.82, 2.24) is 5.32 Å². The summed E-state index contributed by atoms with van der Waals surface area (Å²) in [5, 5.41) is 16.2. The molecule has 1 fully saturated rings. The zero-order valence-electron chi connectivity index (χ0n) is 15.7. The minimum absolute atomic E-state index is 0.0122. The van der Waals surface area contributed by atoms with Crippen molar-refractivity contribution in [3.05, 3.63) is 29.8 Å². The van der Waals surface area contributed by atoms with Crippen molar-refractivity contribution in [1.29, 1.82) is 0 Å². The molecule has 1 aliphatic heterocycles. The lowest BCUT2D eigenvalue weighted by Crippen LogP contribution is -2.45. The molecule has 1 amide bonds. The van der Waals surface area contributed by atoms with Crippen molar-refractivity contribution in [3.8, 4) is 0 Å². The minimum Gasteiger partial charge on any atom is -0.396 e. The van der Waals surface area contributed by atoms with Crippen LogP contribution in [0.2, 0.25) is 0 Å². The molecule has 5 heteroatoms. The largest absolute Gasteiger partial charge is 0.396 e. The SMILES string of the molecule is CC(CC(=O)Nc1ccccc1C(C)C)NCC1(CO)CCOCC1. The number of rotatable bonds is 8. The molecule has 1 heterocycles. The van der Waals surface area contributed by atoms with E-state index in [0.717, 1.165) is 24.1 Å². The van der Waals surface area contributed by atoms with Crippen LogP contribution < -0.4 is 10.6 Å². The zero-order valence-corrected chi connectivity index (χ0v) is 15.7. The first kappa shape index (κ1) is 19.9. The van der Waals surface area contributed by atoms with E-state index in [1.165, 1.54) is 0 Å². The maximum absolute atomic E-state index is 12.4. The van der Waals surface area contributed by atoms with Crippen LogP contribution in [0.5, 0.6) is 0 Å². The van der Waals surface area contributed by atoms with Gasteiger partial charge in [0.25, 0.3) is 0 Å². The minimum atomic E-state index is -0.118. The van der Waals surface area contributed by atoms with E-state index in [0.29, 0.717) is 32.1 Å². The highest BCUT2D eigenvalue weighted by Crippen LogP contribution is 2.29. The van der Waals surface area contributed by atoms with E-state index < -0.39 is 0 Å². The summed E-state index contributed by atoms with van der Waals surface area (Å²) in [5.74, 6) is 0.378. The number of anilines is 1. The second kappa shape index (κ2) is 9.32. The van der Waals surface area contributed by atoms with Crippen LogP contribution >= 0.6 is 0 Å². The van der Waals surface area contributed by atoms with Crippen molar-refractivity contribution in [3.63, 3.8) is 0 Å². The lowest BCUT2D eigenvalue weighted by molar-refractivity contribution is -0.116. The van der Waals surface area contributed by atoms with Crippen LogP contribution in [0.1, 0.15) is 51.5 Å². The normalized spacial score (nSPS) is 18.1. The maximum atomic E-state index is 12.4. The van der Waals surface area contributed by atoms with Gasteiger partial charge in [-0.3, -0.25) is 4.79 Å². The average Bonchev–Trinajstić information content (AvgIpc) is 2.61. The standard InChI is InChI=1S/C20H32N2O3/c1-15(2)17-6-4-5-7-18(17)22-19(24)12-16(3)21-13-20(14-23)8-10-25-11-9-20/h4-7,15-16,21,23H,8-14H2,1-3H3,(H,22,24). The van der Waals surface area contributed by atoms with E-state index in [9.17, 15) is 9.90 Å². The third kappa shape index (κ3) is 5.80. The molecule has 1 atom stereocenters. The molecule has 25 heavy (non-hydrogen) atoms. The molecule has 0 radical (unpaired) electrons. The fourth-order valence-corrected chi connectivity index (χ4v) is 3.25. The van der Waals surface area contributed by atoms with E-state index in [1.807, 2.05) is 25.1 Å². The number of aliphatic hydroxyl groups is 1. The number of amides is 1. The lowest BCUT2D eigenvalue weighted by Gasteiger charge is -2.36. The molecule has 1 aromatic rings. The second-order valence-electron chi connectivity index (χ2n) is 7.55. The van der Waals surface area contributed by atoms with E-state index in [2.05, 4.69) is 30.5 Å². The Morgan fingerprint density at radius 1 is 1.24 bits per heavy atom. The molecule has 3 N–H and O–H groups in total. The predicted octanol–water partition coefficient (Wildman–Crippen LogP) is 2.91. The molecule has 0 spiro atoms. The van der Waals surface area contributed by atoms with Gasteiger partial charge in [0, 0.05) is 43.3 Å². The van der Waals surface area contributed by atoms with Gasteiger partial charge in [0.1, 0.15) is 0 Å². The van der Waals surface area contributed by atoms with Gasteiger partial charge in [-0.25, -0.2) is 0 Å². The first-order valence-corrected chi connectivity index (χ1v) is 9.26. The number of benzene rings is 1. The van der Waals surface area contributed by atoms with Crippen LogP contribution in [0.3, 0.4) is 0 Å². The highest BCUT2D eigenvalue weighted by Gasteiger charge is 2.32. The van der Waals surface area contributed by atoms with Gasteiger partial charge in [0.2, 0.25) is 5.91 Å². The number of para-hydroxylation sites is 1. The Morgan fingerprint density at radius 2 is 1.92 bits per heavy atom. The van der Waals surface area contributed by atoms with E-state index >= 15 is 0 Å². The highest BCUT2D eigenvalue weighted by molar-refractivity contribution is 5.91. The van der Waals surface area contributed by atoms with Gasteiger partial charge in [0.05, 0.1) is 6.61 Å². The van der Waals surface area contributed by atoms with Gasteiger partial charge in [0.15, 0.2) is 0 Å². The molecular weight excluding hydrogens is 316 g/mol. The second-order valence-corrected chi connectivity index (χ2v) is 7.55. The third-order valence-electron chi connectivity index (χ3n) is 5.06. The topological polar surface area (TPSA) is 70.6 Å². The number of carbonyl (C=O) groups is 1. The number of ether oxygens (including phenoxy) is 1. The summed E-state index contributed by atoms with van der Waals surface area (Å²) < 4.78 is 5.39. The van der Waals surface area contributed by atoms with Crippen LogP contribution in [-0.2, 0) is 9.53 Å². The Balaban J connectivity index is 1.84. The number of aliphatic hydroxyl groups excluding tert-OH is 1. The lowest BCUT2D eigenvalue weighted by atomic mass is 9.81. The monoisotopic (exact) mass is 348 g/mol. The Labute approximate surface area is 151 Å². The van der Waals surface area contributed by atoms with Crippen molar-refractivity contribution in [2.24, 2.45) is 5.41 Å². The summed E-state index contributed by atoms with van der Waals surface area (Å²) in [5.41, 5.74) is 1.93. The average molecular weight is 348 g/mol. The summed E-state index contributed by atoms with van der Waals surface area (Å²) in [6.45, 7) is 8.52. The predicted molar refractivity (Wildman–Crippen MR) is 101 cm³/mol. The van der Waals surface area contributed by atoms with Crippen LogP contribution in [0.15, 0.2) is 24.3 Å². The van der Waals surface area contributed by atoms with Crippen molar-refractivity contribution < 1.29 is 14.6 Å². The molecule has 0 aromatic heterocycles. The van der Waals surface area contributed by atoms with Crippen LogP contribution in [0, 0.1) is 5.41 Å². The molecule has 1 aliphatic rings. The van der Waals surface area contributed by atoms with Crippen LogP contribution in [0.4, 0.5) is 5.69 Å². The smallest absolute Gasteiger partial charge is 0.225 e. The van der Waals surface area contributed by atoms with Gasteiger partial charge in [-0.05, 0) is 37.3 Å². The molecular formula is C20H32N2O3. The van der Waals surface area contributed by atoms with Crippen molar-refractivity contribution >= 4 is 11.6 Å². The van der Waals surface area contributed by atoms with E-state index in [-0.39, 0.29) is 24.0 Å². The van der Waals surface area contributed by atoms with Gasteiger partial charge in [-0.2, -0.15) is 0 Å². The van der Waals surface area contributed by atoms with E-state index in [4.69, 9.17) is 4.74 Å². The molecule has 1 saturated heterocycles. The third-order valence-corrected chi connectivity index (χ3v) is 5.06. The van der Waals surface area contributed by atoms with Gasteiger partial charge < -0.3 is 20.5 Å². The molecule has 140 valence electrons. The zero-order chi connectivity index (χ0) is 18.3. The Kier molecular flexibility index (Phi) is 7.41. The number of hydrogen-bond donors (Lipinski definition) is 3. The molecule has 0 aliphatic carbocycles. The first-order chi connectivity index (χ1) is 12.0. The Morgan fingerprint density at radius 3 is 2.56 bits per heavy atom. The molecule has 0 bridgehead atoms. The first-order valence-electron chi connectivity index (χ1n) is 9.26. The summed E-state index contributed by atoms with van der Waals surface area (Å²) in [6.07, 6.45) is 2.12. The molecule has 1 unspecified atom stereocenters. The number of hydrogen-bond acceptors (Lipinski definition) is 4. The van der Waals surface area contributed by atoms with Crippen LogP contribution in [-0.4, -0.2) is 43.4 Å². The summed E-state index contributed by atoms with van der Waals surface area (Å²) >= 11 is 0. The Bertz CT molecular complexity index is 554. The number of carbonyl (C=O) groups excluding carboxylic acids is 1. The van der Waals surface area contributed by atoms with Gasteiger partial charge in [-0.15, -0.1) is 0 Å². The maximum Gasteiger partial charge on any atom is 0.225 e.